The molecule has 0 atom stereocenters. The van der Waals surface area contributed by atoms with Gasteiger partial charge in [-0.15, -0.1) is 0 Å². The van der Waals surface area contributed by atoms with Crippen LogP contribution in [0.2, 0.25) is 0 Å². The summed E-state index contributed by atoms with van der Waals surface area (Å²) in [5.41, 5.74) is 0.853. The number of ether oxygens (including phenoxy) is 2. The second-order valence-corrected chi connectivity index (χ2v) is 4.80. The van der Waals surface area contributed by atoms with E-state index in [4.69, 9.17) is 21.7 Å². The monoisotopic (exact) mass is 279 g/mol. The number of hydrogen-bond donors (Lipinski definition) is 1. The second kappa shape index (κ2) is 5.44. The van der Waals surface area contributed by atoms with Crippen LogP contribution in [0.15, 0.2) is 18.2 Å². The number of hydrogen-bond acceptors (Lipinski definition) is 4. The lowest BCUT2D eigenvalue weighted by Crippen LogP contribution is -2.05. The Labute approximate surface area is 117 Å². The van der Waals surface area contributed by atoms with E-state index in [1.54, 1.807) is 14.2 Å². The lowest BCUT2D eigenvalue weighted by atomic mass is 10.2. The average molecular weight is 279 g/mol. The molecule has 2 aromatic rings. The Hall–Kier alpha value is -1.82. The van der Waals surface area contributed by atoms with E-state index < -0.39 is 0 Å². The van der Waals surface area contributed by atoms with Crippen LogP contribution in [-0.2, 0) is 0 Å². The van der Waals surface area contributed by atoms with Crippen LogP contribution in [0, 0.1) is 4.77 Å². The van der Waals surface area contributed by atoms with Crippen molar-refractivity contribution < 1.29 is 9.47 Å². The van der Waals surface area contributed by atoms with E-state index >= 15 is 0 Å². The van der Waals surface area contributed by atoms with Crippen molar-refractivity contribution in [3.05, 3.63) is 28.8 Å². The maximum absolute atomic E-state index is 5.41. The van der Waals surface area contributed by atoms with Gasteiger partial charge in [0.2, 0.25) is 0 Å². The molecule has 2 rings (SSSR count). The van der Waals surface area contributed by atoms with Gasteiger partial charge in [-0.2, -0.15) is 5.10 Å². The maximum Gasteiger partial charge on any atom is 0.200 e. The predicted octanol–water partition coefficient (Wildman–Crippen LogP) is 3.07. The molecule has 0 saturated carbocycles. The van der Waals surface area contributed by atoms with Crippen molar-refractivity contribution in [2.45, 2.75) is 19.8 Å². The fourth-order valence-electron chi connectivity index (χ4n) is 1.90. The van der Waals surface area contributed by atoms with Crippen LogP contribution in [0.25, 0.3) is 5.69 Å². The van der Waals surface area contributed by atoms with Crippen molar-refractivity contribution in [2.75, 3.05) is 14.2 Å². The number of benzene rings is 1. The quantitative estimate of drug-likeness (QED) is 0.874. The number of H-pyrrole nitrogens is 1. The van der Waals surface area contributed by atoms with E-state index in [1.165, 1.54) is 0 Å². The molecule has 0 bridgehead atoms. The third kappa shape index (κ3) is 2.49. The maximum atomic E-state index is 5.41. The van der Waals surface area contributed by atoms with Gasteiger partial charge in [0.05, 0.1) is 19.9 Å². The van der Waals surface area contributed by atoms with Crippen molar-refractivity contribution in [3.63, 3.8) is 0 Å². The molecule has 0 aliphatic heterocycles. The first-order valence-corrected chi connectivity index (χ1v) is 6.39. The number of nitrogens with one attached hydrogen (secondary N) is 1. The van der Waals surface area contributed by atoms with Gasteiger partial charge in [0.25, 0.3) is 0 Å². The normalized spacial score (nSPS) is 10.8. The highest BCUT2D eigenvalue weighted by Crippen LogP contribution is 2.30. The van der Waals surface area contributed by atoms with Crippen molar-refractivity contribution in [1.29, 1.82) is 0 Å². The molecular formula is C13H17N3O2S. The molecule has 5 nitrogen and oxygen atoms in total. The number of aromatic amines is 1. The number of aromatic nitrogens is 3. The number of methoxy groups -OCH3 is 2. The summed E-state index contributed by atoms with van der Waals surface area (Å²) in [7, 11) is 3.24. The molecule has 0 radical (unpaired) electrons. The highest BCUT2D eigenvalue weighted by Gasteiger charge is 2.15. The van der Waals surface area contributed by atoms with Crippen LogP contribution in [0.5, 0.6) is 11.5 Å². The molecule has 1 heterocycles. The Morgan fingerprint density at radius 1 is 1.26 bits per heavy atom. The molecule has 0 unspecified atom stereocenters. The van der Waals surface area contributed by atoms with Gasteiger partial charge in [0.1, 0.15) is 17.3 Å². The first kappa shape index (κ1) is 13.6. The lowest BCUT2D eigenvalue weighted by Gasteiger charge is -2.14. The molecule has 1 aromatic heterocycles. The molecule has 0 aliphatic rings. The topological polar surface area (TPSA) is 52.1 Å². The minimum absolute atomic E-state index is 0.250. The molecule has 0 amide bonds. The Balaban J connectivity index is 2.65. The van der Waals surface area contributed by atoms with Crippen molar-refractivity contribution in [3.8, 4) is 17.2 Å². The van der Waals surface area contributed by atoms with Crippen LogP contribution < -0.4 is 9.47 Å². The molecule has 19 heavy (non-hydrogen) atoms. The van der Waals surface area contributed by atoms with Crippen LogP contribution in [0.1, 0.15) is 25.6 Å². The SMILES string of the molecule is COc1ccc(-n2c(C(C)C)n[nH]c2=S)c(OC)c1. The summed E-state index contributed by atoms with van der Waals surface area (Å²) in [6, 6.07) is 5.61. The fraction of sp³-hybridized carbons (Fsp3) is 0.385. The summed E-state index contributed by atoms with van der Waals surface area (Å²) in [6.45, 7) is 4.13. The molecule has 0 spiro atoms. The Kier molecular flexibility index (Phi) is 3.90. The molecule has 1 N–H and O–H groups in total. The zero-order valence-corrected chi connectivity index (χ0v) is 12.2. The van der Waals surface area contributed by atoms with Crippen molar-refractivity contribution in [1.82, 2.24) is 14.8 Å². The molecule has 102 valence electrons. The van der Waals surface area contributed by atoms with Gasteiger partial charge < -0.3 is 9.47 Å². The summed E-state index contributed by atoms with van der Waals surface area (Å²) < 4.78 is 13.0. The summed E-state index contributed by atoms with van der Waals surface area (Å²) in [4.78, 5) is 0. The summed E-state index contributed by atoms with van der Waals surface area (Å²) in [5, 5.41) is 7.09. The van der Waals surface area contributed by atoms with E-state index in [0.29, 0.717) is 10.5 Å². The lowest BCUT2D eigenvalue weighted by molar-refractivity contribution is 0.393. The third-order valence-corrected chi connectivity index (χ3v) is 3.12. The van der Waals surface area contributed by atoms with E-state index in [9.17, 15) is 0 Å². The van der Waals surface area contributed by atoms with Crippen LogP contribution in [0.3, 0.4) is 0 Å². The molecule has 0 saturated heterocycles. The van der Waals surface area contributed by atoms with Gasteiger partial charge in [-0.05, 0) is 24.4 Å². The number of nitrogens with zero attached hydrogens (tertiary/aromatic N) is 2. The fourth-order valence-corrected chi connectivity index (χ4v) is 2.14. The van der Waals surface area contributed by atoms with E-state index in [2.05, 4.69) is 24.0 Å². The summed E-state index contributed by atoms with van der Waals surface area (Å²) in [6.07, 6.45) is 0. The summed E-state index contributed by atoms with van der Waals surface area (Å²) in [5.74, 6) is 2.55. The first-order valence-electron chi connectivity index (χ1n) is 5.98. The zero-order chi connectivity index (χ0) is 14.0. The smallest absolute Gasteiger partial charge is 0.200 e. The molecule has 1 aromatic carbocycles. The standard InChI is InChI=1S/C13H17N3O2S/c1-8(2)12-14-15-13(19)16(12)10-6-5-9(17-3)7-11(10)18-4/h5-8H,1-4H3,(H,15,19). The van der Waals surface area contributed by atoms with Crippen LogP contribution in [-0.4, -0.2) is 29.0 Å². The van der Waals surface area contributed by atoms with Crippen LogP contribution in [0.4, 0.5) is 0 Å². The summed E-state index contributed by atoms with van der Waals surface area (Å²) >= 11 is 5.30. The molecule has 6 heteroatoms. The van der Waals surface area contributed by atoms with Gasteiger partial charge in [-0.1, -0.05) is 13.8 Å². The Morgan fingerprint density at radius 3 is 2.58 bits per heavy atom. The van der Waals surface area contributed by atoms with E-state index in [0.717, 1.165) is 17.3 Å². The molecule has 0 fully saturated rings. The highest BCUT2D eigenvalue weighted by atomic mass is 32.1. The third-order valence-electron chi connectivity index (χ3n) is 2.84. The van der Waals surface area contributed by atoms with Gasteiger partial charge in [-0.3, -0.25) is 9.67 Å². The van der Waals surface area contributed by atoms with Crippen LogP contribution >= 0.6 is 12.2 Å². The van der Waals surface area contributed by atoms with Gasteiger partial charge in [0.15, 0.2) is 4.77 Å². The van der Waals surface area contributed by atoms with Crippen molar-refractivity contribution in [2.24, 2.45) is 0 Å². The van der Waals surface area contributed by atoms with E-state index in [1.807, 2.05) is 22.8 Å². The largest absolute Gasteiger partial charge is 0.497 e. The predicted molar refractivity (Wildman–Crippen MR) is 75.9 cm³/mol. The molecule has 0 aliphatic carbocycles. The first-order chi connectivity index (χ1) is 9.08. The molecular weight excluding hydrogens is 262 g/mol. The van der Waals surface area contributed by atoms with Gasteiger partial charge in [0, 0.05) is 12.0 Å². The average Bonchev–Trinajstić information content (AvgIpc) is 2.80. The zero-order valence-electron chi connectivity index (χ0n) is 11.4. The minimum Gasteiger partial charge on any atom is -0.497 e. The van der Waals surface area contributed by atoms with Gasteiger partial charge >= 0.3 is 0 Å². The number of rotatable bonds is 4. The Morgan fingerprint density at radius 2 is 2.00 bits per heavy atom. The van der Waals surface area contributed by atoms with Crippen molar-refractivity contribution >= 4 is 12.2 Å². The Bertz CT molecular complexity index is 631. The highest BCUT2D eigenvalue weighted by molar-refractivity contribution is 7.71. The second-order valence-electron chi connectivity index (χ2n) is 4.41. The minimum atomic E-state index is 0.250. The van der Waals surface area contributed by atoms with E-state index in [-0.39, 0.29) is 5.92 Å². The van der Waals surface area contributed by atoms with Gasteiger partial charge in [-0.25, -0.2) is 0 Å².